The third kappa shape index (κ3) is 2.95. The zero-order valence-corrected chi connectivity index (χ0v) is 11.5. The van der Waals surface area contributed by atoms with Gasteiger partial charge in [-0.1, -0.05) is 0 Å². The molecule has 0 unspecified atom stereocenters. The van der Waals surface area contributed by atoms with Crippen LogP contribution in [0.3, 0.4) is 0 Å². The van der Waals surface area contributed by atoms with Gasteiger partial charge in [0.05, 0.1) is 11.4 Å². The van der Waals surface area contributed by atoms with Gasteiger partial charge in [-0.3, -0.25) is 9.52 Å². The van der Waals surface area contributed by atoms with Crippen molar-refractivity contribution in [2.45, 2.75) is 4.90 Å². The molecule has 110 valence electrons. The molecule has 0 radical (unpaired) electrons. The monoisotopic (exact) mass is 309 g/mol. The maximum absolute atomic E-state index is 13.2. The summed E-state index contributed by atoms with van der Waals surface area (Å²) in [7, 11) is -4.01. The van der Waals surface area contributed by atoms with Gasteiger partial charge in [0, 0.05) is 11.3 Å². The van der Waals surface area contributed by atoms with Crippen LogP contribution in [0.4, 0.5) is 21.5 Å². The third-order valence-corrected chi connectivity index (χ3v) is 4.22. The van der Waals surface area contributed by atoms with Crippen LogP contribution in [0.25, 0.3) is 0 Å². The number of anilines is 3. The zero-order chi connectivity index (χ0) is 15.6. The van der Waals surface area contributed by atoms with E-state index in [-0.39, 0.29) is 16.3 Å². The molecular weight excluding hydrogens is 297 g/mol. The normalized spacial score (nSPS) is 11.1. The smallest absolute Gasteiger partial charge is 0.264 e. The van der Waals surface area contributed by atoms with E-state index in [1.807, 2.05) is 0 Å². The Morgan fingerprint density at radius 1 is 1.00 bits per heavy atom. The summed E-state index contributed by atoms with van der Waals surface area (Å²) in [6.45, 7) is 0. The van der Waals surface area contributed by atoms with Gasteiger partial charge in [0.2, 0.25) is 0 Å². The molecule has 0 atom stereocenters. The summed E-state index contributed by atoms with van der Waals surface area (Å²) in [5, 5.41) is 0. The molecule has 21 heavy (non-hydrogen) atoms. The molecule has 0 aliphatic rings. The number of aldehydes is 1. The molecular formula is C13H12FN3O3S. The lowest BCUT2D eigenvalue weighted by molar-refractivity contribution is 0.112. The van der Waals surface area contributed by atoms with Crippen LogP contribution in [0.2, 0.25) is 0 Å². The SMILES string of the molecule is Nc1c(F)ccc(S(=O)(=O)Nc2ccc(C=O)cc2)c1N. The van der Waals surface area contributed by atoms with Crippen molar-refractivity contribution in [3.63, 3.8) is 0 Å². The van der Waals surface area contributed by atoms with Crippen molar-refractivity contribution in [3.8, 4) is 0 Å². The standard InChI is InChI=1S/C13H12FN3O3S/c14-10-5-6-11(13(16)12(10)15)21(19,20)17-9-3-1-8(7-18)2-4-9/h1-7,17H,15-16H2. The highest BCUT2D eigenvalue weighted by atomic mass is 32.2. The van der Waals surface area contributed by atoms with E-state index in [9.17, 15) is 17.6 Å². The van der Waals surface area contributed by atoms with E-state index in [0.29, 0.717) is 11.8 Å². The van der Waals surface area contributed by atoms with Gasteiger partial charge in [0.15, 0.2) is 0 Å². The number of nitrogens with two attached hydrogens (primary N) is 2. The molecule has 0 aliphatic heterocycles. The van der Waals surface area contributed by atoms with Crippen molar-refractivity contribution in [2.24, 2.45) is 0 Å². The van der Waals surface area contributed by atoms with Crippen molar-refractivity contribution < 1.29 is 17.6 Å². The topological polar surface area (TPSA) is 115 Å². The molecule has 0 saturated heterocycles. The van der Waals surface area contributed by atoms with Crippen LogP contribution in [0, 0.1) is 5.82 Å². The molecule has 0 amide bonds. The first-order valence-electron chi connectivity index (χ1n) is 5.76. The van der Waals surface area contributed by atoms with Crippen LogP contribution in [0.1, 0.15) is 10.4 Å². The molecule has 0 aromatic heterocycles. The first-order chi connectivity index (χ1) is 9.85. The van der Waals surface area contributed by atoms with Crippen molar-refractivity contribution in [1.29, 1.82) is 0 Å². The molecule has 0 spiro atoms. The summed E-state index contributed by atoms with van der Waals surface area (Å²) < 4.78 is 39.9. The Bertz CT molecular complexity index is 789. The lowest BCUT2D eigenvalue weighted by Gasteiger charge is -2.12. The van der Waals surface area contributed by atoms with Gasteiger partial charge in [-0.05, 0) is 36.4 Å². The second kappa shape index (κ2) is 5.41. The number of carbonyl (C=O) groups is 1. The van der Waals surface area contributed by atoms with Crippen LogP contribution < -0.4 is 16.2 Å². The summed E-state index contributed by atoms with van der Waals surface area (Å²) in [4.78, 5) is 10.2. The van der Waals surface area contributed by atoms with Crippen LogP contribution in [0.15, 0.2) is 41.3 Å². The van der Waals surface area contributed by atoms with E-state index in [4.69, 9.17) is 11.5 Å². The Morgan fingerprint density at radius 3 is 2.19 bits per heavy atom. The number of halogens is 1. The number of nitrogens with one attached hydrogen (secondary N) is 1. The van der Waals surface area contributed by atoms with Gasteiger partial charge in [0.1, 0.15) is 17.0 Å². The van der Waals surface area contributed by atoms with Crippen molar-refractivity contribution in [2.75, 3.05) is 16.2 Å². The highest BCUT2D eigenvalue weighted by Crippen LogP contribution is 2.28. The van der Waals surface area contributed by atoms with E-state index in [2.05, 4.69) is 4.72 Å². The van der Waals surface area contributed by atoms with E-state index in [1.54, 1.807) is 0 Å². The summed E-state index contributed by atoms with van der Waals surface area (Å²) in [5.74, 6) is -0.790. The molecule has 5 N–H and O–H groups in total. The maximum Gasteiger partial charge on any atom is 0.264 e. The molecule has 2 aromatic rings. The predicted molar refractivity (Wildman–Crippen MR) is 77.9 cm³/mol. The Balaban J connectivity index is 2.38. The summed E-state index contributed by atoms with van der Waals surface area (Å²) in [6, 6.07) is 7.70. The van der Waals surface area contributed by atoms with E-state index >= 15 is 0 Å². The highest BCUT2D eigenvalue weighted by Gasteiger charge is 2.20. The quantitative estimate of drug-likeness (QED) is 0.586. The summed E-state index contributed by atoms with van der Waals surface area (Å²) in [6.07, 6.45) is 0.636. The van der Waals surface area contributed by atoms with Crippen molar-refractivity contribution >= 4 is 33.4 Å². The fourth-order valence-electron chi connectivity index (χ4n) is 1.66. The third-order valence-electron chi connectivity index (χ3n) is 2.78. The van der Waals surface area contributed by atoms with Gasteiger partial charge < -0.3 is 11.5 Å². The number of hydrogen-bond donors (Lipinski definition) is 3. The molecule has 2 aromatic carbocycles. The summed E-state index contributed by atoms with van der Waals surface area (Å²) in [5.41, 5.74) is 10.8. The highest BCUT2D eigenvalue weighted by molar-refractivity contribution is 7.92. The fourth-order valence-corrected chi connectivity index (χ4v) is 2.87. The summed E-state index contributed by atoms with van der Waals surface area (Å²) >= 11 is 0. The molecule has 0 saturated carbocycles. The van der Waals surface area contributed by atoms with Gasteiger partial charge in [0.25, 0.3) is 10.0 Å². The molecule has 0 heterocycles. The minimum atomic E-state index is -4.01. The molecule has 2 rings (SSSR count). The van der Waals surface area contributed by atoms with E-state index < -0.39 is 21.5 Å². The Labute approximate surface area is 120 Å². The van der Waals surface area contributed by atoms with E-state index in [1.165, 1.54) is 24.3 Å². The lowest BCUT2D eigenvalue weighted by Crippen LogP contribution is -2.16. The number of rotatable bonds is 4. The Morgan fingerprint density at radius 2 is 1.62 bits per heavy atom. The number of hydrogen-bond acceptors (Lipinski definition) is 5. The lowest BCUT2D eigenvalue weighted by atomic mass is 10.2. The molecule has 0 bridgehead atoms. The van der Waals surface area contributed by atoms with Gasteiger partial charge in [-0.15, -0.1) is 0 Å². The number of carbonyl (C=O) groups excluding carboxylic acids is 1. The first-order valence-corrected chi connectivity index (χ1v) is 7.25. The van der Waals surface area contributed by atoms with E-state index in [0.717, 1.165) is 12.1 Å². The van der Waals surface area contributed by atoms with Crippen LogP contribution >= 0.6 is 0 Å². The maximum atomic E-state index is 13.2. The largest absolute Gasteiger partial charge is 0.396 e. The van der Waals surface area contributed by atoms with Crippen molar-refractivity contribution in [1.82, 2.24) is 0 Å². The van der Waals surface area contributed by atoms with Crippen LogP contribution in [-0.2, 0) is 10.0 Å². The van der Waals surface area contributed by atoms with Crippen LogP contribution in [0.5, 0.6) is 0 Å². The second-order valence-electron chi connectivity index (χ2n) is 4.22. The minimum Gasteiger partial charge on any atom is -0.396 e. The molecule has 0 aliphatic carbocycles. The predicted octanol–water partition coefficient (Wildman–Crippen LogP) is 1.60. The second-order valence-corrected chi connectivity index (χ2v) is 5.87. The van der Waals surface area contributed by atoms with Gasteiger partial charge in [-0.25, -0.2) is 12.8 Å². The number of nitrogen functional groups attached to an aromatic ring is 2. The Kier molecular flexibility index (Phi) is 3.81. The van der Waals surface area contributed by atoms with Gasteiger partial charge >= 0.3 is 0 Å². The van der Waals surface area contributed by atoms with Gasteiger partial charge in [-0.2, -0.15) is 0 Å². The fraction of sp³-hybridized carbons (Fsp3) is 0. The number of benzene rings is 2. The molecule has 6 nitrogen and oxygen atoms in total. The Hall–Kier alpha value is -2.61. The average Bonchev–Trinajstić information content (AvgIpc) is 2.45. The molecule has 0 fully saturated rings. The average molecular weight is 309 g/mol. The van der Waals surface area contributed by atoms with Crippen molar-refractivity contribution in [3.05, 3.63) is 47.8 Å². The molecule has 8 heteroatoms. The number of sulfonamides is 1. The first kappa shape index (κ1) is 14.8. The minimum absolute atomic E-state index is 0.239. The van der Waals surface area contributed by atoms with Crippen LogP contribution in [-0.4, -0.2) is 14.7 Å². The zero-order valence-electron chi connectivity index (χ0n) is 10.7.